The van der Waals surface area contributed by atoms with Crippen LogP contribution in [-0.4, -0.2) is 45.9 Å². The van der Waals surface area contributed by atoms with E-state index in [9.17, 15) is 0 Å². The minimum atomic E-state index is 0.131. The molecule has 35 heavy (non-hydrogen) atoms. The topological polar surface area (TPSA) is 128 Å². The van der Waals surface area contributed by atoms with E-state index in [2.05, 4.69) is 48.4 Å². The molecule has 5 N–H and O–H groups in total. The van der Waals surface area contributed by atoms with E-state index in [1.807, 2.05) is 42.6 Å². The molecule has 0 spiro atoms. The molecule has 2 aromatic carbocycles. The van der Waals surface area contributed by atoms with Gasteiger partial charge in [-0.05, 0) is 53.9 Å². The number of para-hydroxylation sites is 1. The Kier molecular flexibility index (Phi) is 6.40. The van der Waals surface area contributed by atoms with Crippen molar-refractivity contribution in [1.29, 1.82) is 0 Å². The lowest BCUT2D eigenvalue weighted by Crippen LogP contribution is -2.37. The molecule has 0 bridgehead atoms. The number of nitrogens with two attached hydrogens (primary N) is 2. The Balaban J connectivity index is 1.30. The minimum Gasteiger partial charge on any atom is -0.494 e. The average molecular weight is 469 g/mol. The molecule has 0 radical (unpaired) electrons. The molecule has 1 aliphatic rings. The Morgan fingerprint density at radius 1 is 1.11 bits per heavy atom. The van der Waals surface area contributed by atoms with E-state index < -0.39 is 0 Å². The number of aliphatic imine (C=N–C) groups is 1. The van der Waals surface area contributed by atoms with E-state index in [1.165, 1.54) is 11.1 Å². The third kappa shape index (κ3) is 5.15. The van der Waals surface area contributed by atoms with Gasteiger partial charge in [0.15, 0.2) is 5.82 Å². The number of methoxy groups -OCH3 is 1. The number of amidine groups is 1. The number of nitrogens with zero attached hydrogens (tertiary/aromatic N) is 5. The molecule has 5 rings (SSSR count). The van der Waals surface area contributed by atoms with Crippen molar-refractivity contribution in [2.45, 2.75) is 19.5 Å². The van der Waals surface area contributed by atoms with E-state index in [1.54, 1.807) is 7.11 Å². The highest BCUT2D eigenvalue weighted by atomic mass is 16.5. The summed E-state index contributed by atoms with van der Waals surface area (Å²) < 4.78 is 5.41. The first kappa shape index (κ1) is 22.5. The number of nitrogen functional groups attached to an aromatic ring is 1. The summed E-state index contributed by atoms with van der Waals surface area (Å²) in [6.07, 6.45) is 2.77. The van der Waals surface area contributed by atoms with Gasteiger partial charge >= 0.3 is 0 Å². The molecule has 0 saturated heterocycles. The molecule has 4 aromatic rings. The van der Waals surface area contributed by atoms with Crippen molar-refractivity contribution in [3.8, 4) is 5.75 Å². The third-order valence-electron chi connectivity index (χ3n) is 6.04. The monoisotopic (exact) mass is 468 g/mol. The van der Waals surface area contributed by atoms with Crippen molar-refractivity contribution < 1.29 is 4.74 Å². The van der Waals surface area contributed by atoms with Crippen LogP contribution in [0.1, 0.15) is 16.8 Å². The largest absolute Gasteiger partial charge is 0.494 e. The molecule has 0 amide bonds. The van der Waals surface area contributed by atoms with Crippen LogP contribution in [0.4, 0.5) is 17.5 Å². The van der Waals surface area contributed by atoms with Crippen molar-refractivity contribution in [2.24, 2.45) is 10.7 Å². The minimum absolute atomic E-state index is 0.131. The van der Waals surface area contributed by atoms with Crippen LogP contribution in [0.5, 0.6) is 5.75 Å². The number of hydrogen-bond acceptors (Lipinski definition) is 8. The first-order valence-corrected chi connectivity index (χ1v) is 11.5. The van der Waals surface area contributed by atoms with Gasteiger partial charge in [-0.2, -0.15) is 4.98 Å². The smallest absolute Gasteiger partial charge is 0.222 e. The maximum absolute atomic E-state index is 6.37. The fraction of sp³-hybridized carbons (Fsp3) is 0.231. The van der Waals surface area contributed by atoms with E-state index in [0.717, 1.165) is 36.3 Å². The van der Waals surface area contributed by atoms with Crippen LogP contribution in [0, 0.1) is 0 Å². The molecular formula is C26H28N8O. The van der Waals surface area contributed by atoms with Crippen LogP contribution < -0.4 is 21.5 Å². The fourth-order valence-electron chi connectivity index (χ4n) is 4.33. The number of aromatic nitrogens is 3. The fourth-order valence-corrected chi connectivity index (χ4v) is 4.33. The molecule has 2 aromatic heterocycles. The molecule has 178 valence electrons. The molecule has 9 nitrogen and oxygen atoms in total. The third-order valence-corrected chi connectivity index (χ3v) is 6.04. The second kappa shape index (κ2) is 9.94. The summed E-state index contributed by atoms with van der Waals surface area (Å²) in [5.41, 5.74) is 17.6. The summed E-state index contributed by atoms with van der Waals surface area (Å²) in [5, 5.41) is 4.21. The summed E-state index contributed by atoms with van der Waals surface area (Å²) in [4.78, 5) is 19.9. The highest BCUT2D eigenvalue weighted by Crippen LogP contribution is 2.30. The summed E-state index contributed by atoms with van der Waals surface area (Å²) in [6, 6.07) is 18.1. The van der Waals surface area contributed by atoms with Gasteiger partial charge < -0.3 is 21.5 Å². The van der Waals surface area contributed by atoms with Gasteiger partial charge in [-0.25, -0.2) is 9.98 Å². The van der Waals surface area contributed by atoms with Crippen LogP contribution in [0.3, 0.4) is 0 Å². The van der Waals surface area contributed by atoms with Crippen molar-refractivity contribution >= 4 is 34.2 Å². The van der Waals surface area contributed by atoms with Gasteiger partial charge in [0.2, 0.25) is 5.95 Å². The number of ether oxygens (including phenoxy) is 1. The zero-order valence-electron chi connectivity index (χ0n) is 19.6. The van der Waals surface area contributed by atoms with Crippen LogP contribution in [0.2, 0.25) is 0 Å². The zero-order valence-corrected chi connectivity index (χ0v) is 19.6. The van der Waals surface area contributed by atoms with Crippen molar-refractivity contribution in [3.05, 3.63) is 77.6 Å². The Bertz CT molecular complexity index is 1370. The van der Waals surface area contributed by atoms with Gasteiger partial charge in [-0.1, -0.05) is 18.2 Å². The summed E-state index contributed by atoms with van der Waals surface area (Å²) in [5.74, 6) is 1.67. The maximum Gasteiger partial charge on any atom is 0.222 e. The van der Waals surface area contributed by atoms with E-state index >= 15 is 0 Å². The van der Waals surface area contributed by atoms with Crippen LogP contribution >= 0.6 is 0 Å². The lowest BCUT2D eigenvalue weighted by atomic mass is 9.99. The second-order valence-corrected chi connectivity index (χ2v) is 8.48. The SMILES string of the molecule is COc1cccc2c(N=C(N)CN3CCc4ccc(NCc5ccccn5)cc4C3)nc(N)nc12. The highest BCUT2D eigenvalue weighted by molar-refractivity contribution is 5.96. The quantitative estimate of drug-likeness (QED) is 0.279. The van der Waals surface area contributed by atoms with Crippen molar-refractivity contribution in [1.82, 2.24) is 19.9 Å². The lowest BCUT2D eigenvalue weighted by Gasteiger charge is -2.29. The number of benzene rings is 2. The van der Waals surface area contributed by atoms with E-state index in [-0.39, 0.29) is 5.95 Å². The molecule has 3 heterocycles. The standard InChI is InChI=1S/C26H28N8O/c1-35-22-7-4-6-21-24(22)32-26(28)33-25(21)31-23(27)16-34-12-10-17-8-9-19(13-18(17)15-34)30-14-20-5-2-3-11-29-20/h2-9,11,13,30H,10,12,14-16H2,1H3,(H4,27,28,31,32,33). The average Bonchev–Trinajstić information content (AvgIpc) is 2.87. The molecule has 0 atom stereocenters. The summed E-state index contributed by atoms with van der Waals surface area (Å²) >= 11 is 0. The second-order valence-electron chi connectivity index (χ2n) is 8.48. The van der Waals surface area contributed by atoms with Crippen LogP contribution in [0.15, 0.2) is 65.8 Å². The van der Waals surface area contributed by atoms with Gasteiger partial charge in [0.1, 0.15) is 17.1 Å². The number of nitrogens with one attached hydrogen (secondary N) is 1. The van der Waals surface area contributed by atoms with E-state index in [0.29, 0.717) is 36.0 Å². The van der Waals surface area contributed by atoms with Gasteiger partial charge in [0.25, 0.3) is 0 Å². The highest BCUT2D eigenvalue weighted by Gasteiger charge is 2.18. The number of hydrogen-bond donors (Lipinski definition) is 3. The van der Waals surface area contributed by atoms with Crippen molar-refractivity contribution in [2.75, 3.05) is 31.2 Å². The zero-order chi connectivity index (χ0) is 24.2. The predicted octanol–water partition coefficient (Wildman–Crippen LogP) is 3.27. The summed E-state index contributed by atoms with van der Waals surface area (Å²) in [6.45, 7) is 2.92. The molecule has 1 aliphatic heterocycles. The predicted molar refractivity (Wildman–Crippen MR) is 139 cm³/mol. The first-order chi connectivity index (χ1) is 17.1. The van der Waals surface area contributed by atoms with Crippen LogP contribution in [0.25, 0.3) is 10.9 Å². The Hall–Kier alpha value is -4.24. The number of rotatable bonds is 7. The van der Waals surface area contributed by atoms with Gasteiger partial charge in [0, 0.05) is 30.4 Å². The van der Waals surface area contributed by atoms with Gasteiger partial charge in [-0.3, -0.25) is 9.88 Å². The molecule has 0 saturated carbocycles. The normalized spacial score (nSPS) is 14.0. The van der Waals surface area contributed by atoms with Crippen LogP contribution in [-0.2, 0) is 19.5 Å². The van der Waals surface area contributed by atoms with E-state index in [4.69, 9.17) is 16.2 Å². The first-order valence-electron chi connectivity index (χ1n) is 11.5. The molecule has 0 aliphatic carbocycles. The number of pyridine rings is 1. The van der Waals surface area contributed by atoms with Gasteiger partial charge in [-0.15, -0.1) is 0 Å². The molecule has 0 fully saturated rings. The molecule has 0 unspecified atom stereocenters. The summed E-state index contributed by atoms with van der Waals surface area (Å²) in [7, 11) is 1.60. The van der Waals surface area contributed by atoms with Gasteiger partial charge in [0.05, 0.1) is 25.9 Å². The maximum atomic E-state index is 6.37. The van der Waals surface area contributed by atoms with Crippen molar-refractivity contribution in [3.63, 3.8) is 0 Å². The Labute approximate surface area is 203 Å². The number of fused-ring (bicyclic) bond motifs is 2. The Morgan fingerprint density at radius 3 is 2.86 bits per heavy atom. The molecule has 9 heteroatoms. The Morgan fingerprint density at radius 2 is 2.03 bits per heavy atom. The lowest BCUT2D eigenvalue weighted by molar-refractivity contribution is 0.289. The molecular weight excluding hydrogens is 440 g/mol. The number of anilines is 2.